The summed E-state index contributed by atoms with van der Waals surface area (Å²) < 4.78 is 0. The van der Waals surface area contributed by atoms with Crippen LogP contribution >= 0.6 is 0 Å². The fourth-order valence-corrected chi connectivity index (χ4v) is 1.62. The normalized spacial score (nSPS) is 12.9. The average molecular weight is 302 g/mol. The molecular weight excluding hydrogens is 276 g/mol. The molecule has 0 aromatic carbocycles. The first kappa shape index (κ1) is 19.1. The Hall–Kier alpha value is -1.90. The summed E-state index contributed by atoms with van der Waals surface area (Å²) in [7, 11) is 0. The van der Waals surface area contributed by atoms with Gasteiger partial charge >= 0.3 is 5.91 Å². The molecule has 0 fully saturated rings. The number of hydrazine groups is 1. The SMILES string of the molecule is CC(C)C(C)(C)N(C(=O)[C@@H](N)CCCN=C(N)N)[N+](=O)[O-]. The molecule has 0 aromatic heterocycles. The Labute approximate surface area is 124 Å². The van der Waals surface area contributed by atoms with E-state index in [4.69, 9.17) is 17.2 Å². The van der Waals surface area contributed by atoms with E-state index < -0.39 is 22.5 Å². The van der Waals surface area contributed by atoms with Gasteiger partial charge < -0.3 is 17.2 Å². The van der Waals surface area contributed by atoms with Gasteiger partial charge in [0.15, 0.2) is 11.0 Å². The zero-order valence-corrected chi connectivity index (χ0v) is 13.1. The van der Waals surface area contributed by atoms with Gasteiger partial charge in [0, 0.05) is 6.54 Å². The van der Waals surface area contributed by atoms with Crippen molar-refractivity contribution in [3.63, 3.8) is 0 Å². The van der Waals surface area contributed by atoms with Crippen molar-refractivity contribution in [3.05, 3.63) is 10.1 Å². The zero-order chi connectivity index (χ0) is 16.8. The molecule has 21 heavy (non-hydrogen) atoms. The van der Waals surface area contributed by atoms with Crippen molar-refractivity contribution in [3.8, 4) is 0 Å². The molecular formula is C12H26N6O3. The number of carbonyl (C=O) groups is 1. The minimum atomic E-state index is -0.956. The Balaban J connectivity index is 4.83. The molecule has 0 radical (unpaired) electrons. The number of hydrogen-bond acceptors (Lipinski definition) is 5. The summed E-state index contributed by atoms with van der Waals surface area (Å²) in [5, 5.41) is 11.1. The van der Waals surface area contributed by atoms with Gasteiger partial charge in [-0.2, -0.15) is 0 Å². The molecule has 0 unspecified atom stereocenters. The first-order valence-corrected chi connectivity index (χ1v) is 6.81. The molecule has 1 amide bonds. The van der Waals surface area contributed by atoms with Crippen LogP contribution in [0.25, 0.3) is 0 Å². The van der Waals surface area contributed by atoms with Crippen molar-refractivity contribution in [2.24, 2.45) is 28.1 Å². The average Bonchev–Trinajstić information content (AvgIpc) is 2.32. The molecule has 0 saturated carbocycles. The maximum absolute atomic E-state index is 12.2. The zero-order valence-electron chi connectivity index (χ0n) is 13.1. The van der Waals surface area contributed by atoms with Crippen LogP contribution in [0.1, 0.15) is 40.5 Å². The Bertz CT molecular complexity index is 404. The monoisotopic (exact) mass is 302 g/mol. The van der Waals surface area contributed by atoms with E-state index in [2.05, 4.69) is 4.99 Å². The van der Waals surface area contributed by atoms with Crippen LogP contribution in [0.15, 0.2) is 4.99 Å². The number of carbonyl (C=O) groups excluding carboxylic acids is 1. The third kappa shape index (κ3) is 5.54. The Kier molecular flexibility index (Phi) is 7.07. The van der Waals surface area contributed by atoms with Crippen LogP contribution in [-0.2, 0) is 4.79 Å². The van der Waals surface area contributed by atoms with E-state index in [1.165, 1.54) is 0 Å². The van der Waals surface area contributed by atoms with Crippen LogP contribution in [0, 0.1) is 16.0 Å². The molecule has 0 heterocycles. The van der Waals surface area contributed by atoms with Gasteiger partial charge in [-0.15, -0.1) is 0 Å². The molecule has 1 atom stereocenters. The molecule has 0 spiro atoms. The molecule has 0 aliphatic rings. The summed E-state index contributed by atoms with van der Waals surface area (Å²) in [6.07, 6.45) is 0.743. The van der Waals surface area contributed by atoms with Crippen molar-refractivity contribution in [2.75, 3.05) is 6.54 Å². The largest absolute Gasteiger partial charge is 0.370 e. The topological polar surface area (TPSA) is 154 Å². The lowest BCUT2D eigenvalue weighted by Crippen LogP contribution is -2.58. The van der Waals surface area contributed by atoms with Crippen LogP contribution in [0.4, 0.5) is 0 Å². The quantitative estimate of drug-likeness (QED) is 0.186. The van der Waals surface area contributed by atoms with E-state index >= 15 is 0 Å². The van der Waals surface area contributed by atoms with Crippen LogP contribution in [0.3, 0.4) is 0 Å². The van der Waals surface area contributed by atoms with Crippen molar-refractivity contribution in [2.45, 2.75) is 52.1 Å². The van der Waals surface area contributed by atoms with E-state index in [0.29, 0.717) is 18.0 Å². The van der Waals surface area contributed by atoms with Crippen molar-refractivity contribution in [1.29, 1.82) is 0 Å². The molecule has 0 aliphatic carbocycles. The number of guanidine groups is 1. The highest BCUT2D eigenvalue weighted by Gasteiger charge is 2.44. The highest BCUT2D eigenvalue weighted by Crippen LogP contribution is 2.25. The van der Waals surface area contributed by atoms with Gasteiger partial charge in [-0.3, -0.25) is 9.79 Å². The minimum Gasteiger partial charge on any atom is -0.370 e. The maximum atomic E-state index is 12.2. The molecule has 0 aromatic rings. The fourth-order valence-electron chi connectivity index (χ4n) is 1.62. The van der Waals surface area contributed by atoms with Gasteiger partial charge in [0.05, 0.1) is 6.04 Å². The summed E-state index contributed by atoms with van der Waals surface area (Å²) in [5.74, 6) is -0.841. The number of hydrogen-bond donors (Lipinski definition) is 3. The lowest BCUT2D eigenvalue weighted by molar-refractivity contribution is -0.654. The summed E-state index contributed by atoms with van der Waals surface area (Å²) >= 11 is 0. The van der Waals surface area contributed by atoms with Gasteiger partial charge in [0.1, 0.15) is 5.54 Å². The van der Waals surface area contributed by atoms with E-state index in [1.807, 2.05) is 13.8 Å². The molecule has 0 bridgehead atoms. The number of nitrogens with two attached hydrogens (primary N) is 3. The number of rotatable bonds is 8. The summed E-state index contributed by atoms with van der Waals surface area (Å²) in [5.41, 5.74) is 15.2. The first-order valence-electron chi connectivity index (χ1n) is 6.81. The molecule has 122 valence electrons. The van der Waals surface area contributed by atoms with Gasteiger partial charge in [0.2, 0.25) is 0 Å². The summed E-state index contributed by atoms with van der Waals surface area (Å²) in [4.78, 5) is 27.2. The lowest BCUT2D eigenvalue weighted by Gasteiger charge is -2.34. The number of amides is 1. The predicted octanol–water partition coefficient (Wildman–Crippen LogP) is -0.178. The van der Waals surface area contributed by atoms with E-state index in [-0.39, 0.29) is 18.3 Å². The van der Waals surface area contributed by atoms with E-state index in [1.54, 1.807) is 13.8 Å². The van der Waals surface area contributed by atoms with Gasteiger partial charge in [-0.1, -0.05) is 18.9 Å². The van der Waals surface area contributed by atoms with Gasteiger partial charge in [-0.05, 0) is 32.6 Å². The Morgan fingerprint density at radius 1 is 1.38 bits per heavy atom. The van der Waals surface area contributed by atoms with Gasteiger partial charge in [0.25, 0.3) is 0 Å². The van der Waals surface area contributed by atoms with Crippen molar-refractivity contribution < 1.29 is 9.83 Å². The minimum absolute atomic E-state index is 0.0391. The molecule has 0 saturated heterocycles. The van der Waals surface area contributed by atoms with Crippen molar-refractivity contribution >= 4 is 11.9 Å². The van der Waals surface area contributed by atoms with Crippen LogP contribution < -0.4 is 17.2 Å². The van der Waals surface area contributed by atoms with Crippen LogP contribution in [-0.4, -0.2) is 40.0 Å². The molecule has 6 N–H and O–H groups in total. The number of aliphatic imine (C=N–C) groups is 1. The van der Waals surface area contributed by atoms with Crippen LogP contribution in [0.2, 0.25) is 0 Å². The lowest BCUT2D eigenvalue weighted by atomic mass is 9.89. The second kappa shape index (κ2) is 7.77. The van der Waals surface area contributed by atoms with Gasteiger partial charge in [-0.25, -0.2) is 10.1 Å². The Morgan fingerprint density at radius 3 is 2.29 bits per heavy atom. The highest BCUT2D eigenvalue weighted by molar-refractivity contribution is 5.81. The summed E-state index contributed by atoms with van der Waals surface area (Å²) in [6, 6.07) is -0.956. The number of nitrogens with zero attached hydrogens (tertiary/aromatic N) is 3. The second-order valence-electron chi connectivity index (χ2n) is 5.75. The fraction of sp³-hybridized carbons (Fsp3) is 0.833. The molecule has 9 heteroatoms. The molecule has 0 aliphatic heterocycles. The second-order valence-corrected chi connectivity index (χ2v) is 5.75. The highest BCUT2D eigenvalue weighted by atomic mass is 16.7. The Morgan fingerprint density at radius 2 is 1.90 bits per heavy atom. The maximum Gasteiger partial charge on any atom is 0.300 e. The molecule has 0 rings (SSSR count). The molecule has 9 nitrogen and oxygen atoms in total. The third-order valence-electron chi connectivity index (χ3n) is 3.62. The van der Waals surface area contributed by atoms with Crippen molar-refractivity contribution in [1.82, 2.24) is 5.01 Å². The smallest absolute Gasteiger partial charge is 0.300 e. The summed E-state index contributed by atoms with van der Waals surface area (Å²) in [6.45, 7) is 7.24. The van der Waals surface area contributed by atoms with E-state index in [9.17, 15) is 14.9 Å². The number of nitro groups is 1. The standard InChI is InChI=1S/C12H26N6O3/c1-8(2)12(3,4)17(18(20)21)10(19)9(13)6-5-7-16-11(14)15/h8-9H,5-7,13H2,1-4H3,(H4,14,15,16)/t9-/m0/s1. The predicted molar refractivity (Wildman–Crippen MR) is 80.6 cm³/mol. The van der Waals surface area contributed by atoms with Crippen LogP contribution in [0.5, 0.6) is 0 Å². The first-order chi connectivity index (χ1) is 9.51. The third-order valence-corrected chi connectivity index (χ3v) is 3.62. The van der Waals surface area contributed by atoms with E-state index in [0.717, 1.165) is 0 Å².